The van der Waals surface area contributed by atoms with E-state index >= 15 is 0 Å². The highest BCUT2D eigenvalue weighted by molar-refractivity contribution is 5.32. The van der Waals surface area contributed by atoms with Crippen molar-refractivity contribution in [1.82, 2.24) is 4.98 Å². The average molecular weight is 278 g/mol. The maximum absolute atomic E-state index is 12.9. The predicted molar refractivity (Wildman–Crippen MR) is 63.3 cm³/mol. The van der Waals surface area contributed by atoms with Crippen LogP contribution >= 0.6 is 0 Å². The molecule has 1 aromatic heterocycles. The Bertz CT molecular complexity index is 412. The minimum atomic E-state index is -4.55. The van der Waals surface area contributed by atoms with Crippen LogP contribution in [0.1, 0.15) is 24.0 Å². The van der Waals surface area contributed by atoms with Crippen molar-refractivity contribution in [2.45, 2.75) is 24.6 Å². The quantitative estimate of drug-likeness (QED) is 0.830. The molecule has 108 valence electrons. The second-order valence-corrected chi connectivity index (χ2v) is 4.28. The van der Waals surface area contributed by atoms with E-state index in [9.17, 15) is 18.3 Å². The maximum atomic E-state index is 12.9. The Labute approximate surface area is 109 Å². The Morgan fingerprint density at radius 2 is 2.05 bits per heavy atom. The minimum Gasteiger partial charge on any atom is -0.383 e. The van der Waals surface area contributed by atoms with Gasteiger partial charge in [0.2, 0.25) is 0 Å². The van der Waals surface area contributed by atoms with Gasteiger partial charge in [0.15, 0.2) is 0 Å². The largest absolute Gasteiger partial charge is 0.416 e. The number of hydrogen-bond acceptors (Lipinski definition) is 4. The summed E-state index contributed by atoms with van der Waals surface area (Å²) in [5.41, 5.74) is 2.42. The molecule has 0 radical (unpaired) electrons. The molecule has 0 aliphatic rings. The van der Waals surface area contributed by atoms with Gasteiger partial charge in [-0.3, -0.25) is 4.98 Å². The summed E-state index contributed by atoms with van der Waals surface area (Å²) in [6.45, 7) is 0.0232. The van der Waals surface area contributed by atoms with Crippen LogP contribution in [0.4, 0.5) is 13.2 Å². The van der Waals surface area contributed by atoms with Crippen LogP contribution in [0.15, 0.2) is 18.5 Å². The first-order valence-electron chi connectivity index (χ1n) is 5.78. The molecule has 0 spiro atoms. The summed E-state index contributed by atoms with van der Waals surface area (Å²) in [6.07, 6.45) is -2.03. The SMILES string of the molecule is COCC(O)(CCCN)c1cnccc1C(F)(F)F. The van der Waals surface area contributed by atoms with Crippen LogP contribution in [0.3, 0.4) is 0 Å². The van der Waals surface area contributed by atoms with E-state index in [1.165, 1.54) is 7.11 Å². The van der Waals surface area contributed by atoms with E-state index in [-0.39, 0.29) is 25.1 Å². The molecule has 0 aliphatic carbocycles. The predicted octanol–water partition coefficient (Wildman–Crippen LogP) is 1.67. The molecule has 1 aromatic rings. The summed E-state index contributed by atoms with van der Waals surface area (Å²) in [4.78, 5) is 3.67. The van der Waals surface area contributed by atoms with E-state index in [0.717, 1.165) is 18.5 Å². The molecular weight excluding hydrogens is 261 g/mol. The van der Waals surface area contributed by atoms with Gasteiger partial charge >= 0.3 is 6.18 Å². The molecule has 0 saturated carbocycles. The number of nitrogens with two attached hydrogens (primary N) is 1. The number of rotatable bonds is 6. The second-order valence-electron chi connectivity index (χ2n) is 4.28. The van der Waals surface area contributed by atoms with Gasteiger partial charge in [-0.1, -0.05) is 0 Å². The van der Waals surface area contributed by atoms with Gasteiger partial charge in [0.25, 0.3) is 0 Å². The third-order valence-electron chi connectivity index (χ3n) is 2.81. The van der Waals surface area contributed by atoms with Gasteiger partial charge in [0.05, 0.1) is 12.2 Å². The molecule has 1 heterocycles. The lowest BCUT2D eigenvalue weighted by Gasteiger charge is -2.30. The lowest BCUT2D eigenvalue weighted by molar-refractivity contribution is -0.142. The number of methoxy groups -OCH3 is 1. The summed E-state index contributed by atoms with van der Waals surface area (Å²) in [5.74, 6) is 0. The average Bonchev–Trinajstić information content (AvgIpc) is 2.36. The smallest absolute Gasteiger partial charge is 0.383 e. The zero-order valence-electron chi connectivity index (χ0n) is 10.6. The zero-order chi connectivity index (χ0) is 14.5. The minimum absolute atomic E-state index is 0.0755. The first-order valence-corrected chi connectivity index (χ1v) is 5.78. The lowest BCUT2D eigenvalue weighted by atomic mass is 9.87. The van der Waals surface area contributed by atoms with E-state index in [1.54, 1.807) is 0 Å². The van der Waals surface area contributed by atoms with Crippen LogP contribution in [0.25, 0.3) is 0 Å². The first kappa shape index (κ1) is 15.9. The Balaban J connectivity index is 3.22. The molecular formula is C12H17F3N2O2. The highest BCUT2D eigenvalue weighted by atomic mass is 19.4. The van der Waals surface area contributed by atoms with Crippen molar-refractivity contribution >= 4 is 0 Å². The number of halogens is 3. The van der Waals surface area contributed by atoms with E-state index in [1.807, 2.05) is 0 Å². The number of nitrogens with zero attached hydrogens (tertiary/aromatic N) is 1. The van der Waals surface area contributed by atoms with Gasteiger partial charge in [-0.05, 0) is 25.5 Å². The Morgan fingerprint density at radius 3 is 2.58 bits per heavy atom. The van der Waals surface area contributed by atoms with Crippen LogP contribution in [-0.4, -0.2) is 30.4 Å². The van der Waals surface area contributed by atoms with E-state index in [2.05, 4.69) is 4.98 Å². The summed E-state index contributed by atoms with van der Waals surface area (Å²) in [6, 6.07) is 0.846. The highest BCUT2D eigenvalue weighted by Gasteiger charge is 2.40. The molecule has 0 amide bonds. The fourth-order valence-corrected chi connectivity index (χ4v) is 1.93. The van der Waals surface area contributed by atoms with Gasteiger partial charge in [0, 0.05) is 25.1 Å². The monoisotopic (exact) mass is 278 g/mol. The molecule has 0 aliphatic heterocycles. The molecule has 0 fully saturated rings. The summed E-state index contributed by atoms with van der Waals surface area (Å²) >= 11 is 0. The van der Waals surface area contributed by atoms with Crippen LogP contribution in [0, 0.1) is 0 Å². The van der Waals surface area contributed by atoms with Gasteiger partial charge in [0.1, 0.15) is 5.60 Å². The highest BCUT2D eigenvalue weighted by Crippen LogP contribution is 2.38. The van der Waals surface area contributed by atoms with Crippen LogP contribution in [-0.2, 0) is 16.5 Å². The van der Waals surface area contributed by atoms with Gasteiger partial charge in [-0.15, -0.1) is 0 Å². The number of aromatic nitrogens is 1. The molecule has 0 bridgehead atoms. The number of alkyl halides is 3. The van der Waals surface area contributed by atoms with Gasteiger partial charge < -0.3 is 15.6 Å². The number of ether oxygens (including phenoxy) is 1. The molecule has 1 rings (SSSR count). The van der Waals surface area contributed by atoms with Crippen molar-refractivity contribution < 1.29 is 23.0 Å². The molecule has 1 atom stereocenters. The van der Waals surface area contributed by atoms with Crippen molar-refractivity contribution in [2.24, 2.45) is 5.73 Å². The summed E-state index contributed by atoms with van der Waals surface area (Å²) in [5, 5.41) is 10.4. The second kappa shape index (κ2) is 6.31. The topological polar surface area (TPSA) is 68.4 Å². The standard InChI is InChI=1S/C12H17F3N2O2/c1-19-8-11(18,4-2-5-16)10-7-17-6-3-9(10)12(13,14)15/h3,6-7,18H,2,4-5,8,16H2,1H3. The van der Waals surface area contributed by atoms with Crippen molar-refractivity contribution in [2.75, 3.05) is 20.3 Å². The molecule has 0 saturated heterocycles. The maximum Gasteiger partial charge on any atom is 0.416 e. The van der Waals surface area contributed by atoms with Crippen molar-refractivity contribution in [1.29, 1.82) is 0 Å². The van der Waals surface area contributed by atoms with Gasteiger partial charge in [-0.25, -0.2) is 0 Å². The summed E-state index contributed by atoms with van der Waals surface area (Å²) < 4.78 is 43.7. The number of hydrogen-bond donors (Lipinski definition) is 2. The molecule has 3 N–H and O–H groups in total. The fourth-order valence-electron chi connectivity index (χ4n) is 1.93. The Hall–Kier alpha value is -1.18. The zero-order valence-corrected chi connectivity index (χ0v) is 10.6. The van der Waals surface area contributed by atoms with Crippen molar-refractivity contribution in [3.8, 4) is 0 Å². The lowest BCUT2D eigenvalue weighted by Crippen LogP contribution is -2.34. The van der Waals surface area contributed by atoms with E-state index in [0.29, 0.717) is 6.42 Å². The molecule has 19 heavy (non-hydrogen) atoms. The Morgan fingerprint density at radius 1 is 1.37 bits per heavy atom. The molecule has 4 nitrogen and oxygen atoms in total. The molecule has 7 heteroatoms. The molecule has 1 unspecified atom stereocenters. The summed E-state index contributed by atoms with van der Waals surface area (Å²) in [7, 11) is 1.32. The third kappa shape index (κ3) is 3.89. The van der Waals surface area contributed by atoms with Crippen molar-refractivity contribution in [3.05, 3.63) is 29.6 Å². The molecule has 0 aromatic carbocycles. The third-order valence-corrected chi connectivity index (χ3v) is 2.81. The van der Waals surface area contributed by atoms with Crippen LogP contribution in [0.2, 0.25) is 0 Å². The number of aliphatic hydroxyl groups is 1. The van der Waals surface area contributed by atoms with E-state index in [4.69, 9.17) is 10.5 Å². The van der Waals surface area contributed by atoms with E-state index < -0.39 is 17.3 Å². The van der Waals surface area contributed by atoms with Crippen LogP contribution < -0.4 is 5.73 Å². The normalized spacial score (nSPS) is 15.3. The first-order chi connectivity index (χ1) is 8.85. The van der Waals surface area contributed by atoms with Gasteiger partial charge in [-0.2, -0.15) is 13.2 Å². The Kier molecular flexibility index (Phi) is 5.28. The number of pyridine rings is 1. The van der Waals surface area contributed by atoms with Crippen LogP contribution in [0.5, 0.6) is 0 Å². The fraction of sp³-hybridized carbons (Fsp3) is 0.583. The van der Waals surface area contributed by atoms with Crippen molar-refractivity contribution in [3.63, 3.8) is 0 Å².